The number of aromatic nitrogens is 5. The summed E-state index contributed by atoms with van der Waals surface area (Å²) >= 11 is 7.35. The van der Waals surface area contributed by atoms with Crippen molar-refractivity contribution in [1.82, 2.24) is 24.9 Å². The van der Waals surface area contributed by atoms with E-state index in [1.165, 1.54) is 30.8 Å². The van der Waals surface area contributed by atoms with Gasteiger partial charge in [0.25, 0.3) is 5.91 Å². The minimum Gasteiger partial charge on any atom is -0.494 e. The van der Waals surface area contributed by atoms with Gasteiger partial charge in [0.1, 0.15) is 24.7 Å². The number of fused-ring (bicyclic) bond motifs is 1. The largest absolute Gasteiger partial charge is 0.494 e. The molecule has 8 nitrogen and oxygen atoms in total. The van der Waals surface area contributed by atoms with Crippen molar-refractivity contribution in [1.29, 1.82) is 0 Å². The molecule has 0 atom stereocenters. The molecule has 4 aromatic heterocycles. The van der Waals surface area contributed by atoms with Gasteiger partial charge in [-0.2, -0.15) is 4.98 Å². The van der Waals surface area contributed by atoms with E-state index in [2.05, 4.69) is 61.3 Å². The molecule has 0 aliphatic rings. The van der Waals surface area contributed by atoms with Crippen molar-refractivity contribution in [2.24, 2.45) is 0 Å². The molecule has 34 heavy (non-hydrogen) atoms. The van der Waals surface area contributed by atoms with E-state index in [4.69, 9.17) is 16.3 Å². The number of thiazole rings is 1. The third-order valence-electron chi connectivity index (χ3n) is 4.54. The Balaban J connectivity index is 1.67. The summed E-state index contributed by atoms with van der Waals surface area (Å²) in [5.74, 6) is 3.20. The topological polar surface area (TPSA) is 103 Å². The molecule has 4 rings (SSSR count). The zero-order valence-electron chi connectivity index (χ0n) is 19.2. The molecule has 4 heterocycles. The number of ether oxygens (including phenoxy) is 1. The number of carbonyl (C=O) groups excluding carboxylic acids is 1. The zero-order valence-corrected chi connectivity index (χ0v) is 21.8. The molecule has 0 radical (unpaired) electrons. The van der Waals surface area contributed by atoms with Crippen molar-refractivity contribution in [3.63, 3.8) is 0 Å². The highest BCUT2D eigenvalue weighted by Crippen LogP contribution is 2.34. The van der Waals surface area contributed by atoms with Crippen LogP contribution < -0.4 is 10.1 Å². The van der Waals surface area contributed by atoms with Crippen LogP contribution in [0.1, 0.15) is 21.7 Å². The second kappa shape index (κ2) is 9.46. The van der Waals surface area contributed by atoms with Crippen LogP contribution in [-0.2, 0) is 0 Å². The summed E-state index contributed by atoms with van der Waals surface area (Å²) in [6.07, 6.45) is 4.63. The van der Waals surface area contributed by atoms with Crippen LogP contribution in [0.3, 0.4) is 0 Å². The summed E-state index contributed by atoms with van der Waals surface area (Å²) in [4.78, 5) is 35.4. The first-order valence-electron chi connectivity index (χ1n) is 10.3. The Bertz CT molecular complexity index is 1470. The number of rotatable bonds is 4. The summed E-state index contributed by atoms with van der Waals surface area (Å²) < 4.78 is 5.43. The highest BCUT2D eigenvalue weighted by atomic mass is 35.5. The van der Waals surface area contributed by atoms with Crippen LogP contribution in [0.25, 0.3) is 21.6 Å². The second-order valence-corrected chi connectivity index (χ2v) is 14.6. The van der Waals surface area contributed by atoms with Crippen molar-refractivity contribution in [3.05, 3.63) is 52.8 Å². The number of nitrogens with one attached hydrogen (secondary N) is 1. The minimum absolute atomic E-state index is 0.285. The average molecular weight is 509 g/mol. The highest BCUT2D eigenvalue weighted by molar-refractivity contribution is 7.21. The number of carbonyl (C=O) groups is 1. The zero-order chi connectivity index (χ0) is 24.5. The van der Waals surface area contributed by atoms with Gasteiger partial charge in [0.2, 0.25) is 0 Å². The Labute approximate surface area is 206 Å². The fourth-order valence-corrected chi connectivity index (χ4v) is 4.46. The van der Waals surface area contributed by atoms with Gasteiger partial charge in [-0.15, -0.1) is 5.54 Å². The molecule has 11 heteroatoms. The number of hydrogen-bond donors (Lipinski definition) is 1. The maximum absolute atomic E-state index is 13.2. The number of aryl methyl sites for hydroxylation is 1. The van der Waals surface area contributed by atoms with Crippen LogP contribution in [0.4, 0.5) is 5.13 Å². The predicted octanol–water partition coefficient (Wildman–Crippen LogP) is 4.99. The van der Waals surface area contributed by atoms with Gasteiger partial charge in [-0.3, -0.25) is 15.1 Å². The van der Waals surface area contributed by atoms with Crippen molar-refractivity contribution in [2.75, 3.05) is 12.4 Å². The Morgan fingerprint density at radius 1 is 1.09 bits per heavy atom. The number of anilines is 1. The van der Waals surface area contributed by atoms with E-state index in [0.29, 0.717) is 43.7 Å². The fraction of sp³-hybridized carbons (Fsp3) is 0.217. The lowest BCUT2D eigenvalue weighted by Crippen LogP contribution is -2.16. The number of methoxy groups -OCH3 is 1. The summed E-state index contributed by atoms with van der Waals surface area (Å²) in [5.41, 5.74) is 6.64. The van der Waals surface area contributed by atoms with Crippen LogP contribution in [0, 0.1) is 18.4 Å². The molecule has 0 saturated heterocycles. The Morgan fingerprint density at radius 2 is 1.88 bits per heavy atom. The van der Waals surface area contributed by atoms with Crippen molar-refractivity contribution in [2.45, 2.75) is 26.6 Å². The van der Waals surface area contributed by atoms with Gasteiger partial charge in [-0.1, -0.05) is 48.5 Å². The molecule has 172 valence electrons. The van der Waals surface area contributed by atoms with Crippen LogP contribution in [0.2, 0.25) is 24.8 Å². The molecule has 0 fully saturated rings. The van der Waals surface area contributed by atoms with Crippen LogP contribution in [0.15, 0.2) is 30.7 Å². The molecule has 0 aromatic carbocycles. The van der Waals surface area contributed by atoms with Gasteiger partial charge in [0, 0.05) is 23.0 Å². The minimum atomic E-state index is -1.53. The van der Waals surface area contributed by atoms with E-state index in [1.54, 1.807) is 18.3 Å². The standard InChI is InChI=1S/C23H21ClN6O2SSi/c1-13-8-15(16-9-19(24)26-12-18(16)32-2)17(11-25-13)21(31)30-23-29-20-22(33-23)28-14(10-27-20)6-7-34(3,4)5/h8-12H,1-5H3,(H,27,29,30,31). The predicted molar refractivity (Wildman–Crippen MR) is 137 cm³/mol. The van der Waals surface area contributed by atoms with E-state index in [-0.39, 0.29) is 11.1 Å². The molecule has 0 saturated carbocycles. The lowest BCUT2D eigenvalue weighted by atomic mass is 10.0. The molecule has 0 aliphatic heterocycles. The third kappa shape index (κ3) is 5.39. The average Bonchev–Trinajstić information content (AvgIpc) is 3.18. The molecule has 1 amide bonds. The maximum Gasteiger partial charge on any atom is 0.259 e. The monoisotopic (exact) mass is 508 g/mol. The molecule has 0 aliphatic carbocycles. The highest BCUT2D eigenvalue weighted by Gasteiger charge is 2.19. The molecule has 0 unspecified atom stereocenters. The summed E-state index contributed by atoms with van der Waals surface area (Å²) in [6, 6.07) is 3.45. The Morgan fingerprint density at radius 3 is 2.62 bits per heavy atom. The maximum atomic E-state index is 13.2. The Kier molecular flexibility index (Phi) is 6.61. The second-order valence-electron chi connectivity index (χ2n) is 8.44. The van der Waals surface area contributed by atoms with E-state index in [9.17, 15) is 4.79 Å². The van der Waals surface area contributed by atoms with Crippen molar-refractivity contribution >= 4 is 52.5 Å². The summed E-state index contributed by atoms with van der Waals surface area (Å²) in [7, 11) is -0.00143. The van der Waals surface area contributed by atoms with Crippen LogP contribution >= 0.6 is 22.9 Å². The first kappa shape index (κ1) is 23.8. The van der Waals surface area contributed by atoms with Crippen LogP contribution in [-0.4, -0.2) is 46.0 Å². The smallest absolute Gasteiger partial charge is 0.259 e. The molecular formula is C23H21ClN6O2SSi. The van der Waals surface area contributed by atoms with E-state index < -0.39 is 8.07 Å². The number of amides is 1. The molecule has 0 bridgehead atoms. The molecular weight excluding hydrogens is 488 g/mol. The van der Waals surface area contributed by atoms with Gasteiger partial charge in [0.15, 0.2) is 15.6 Å². The Hall–Kier alpha value is -3.39. The van der Waals surface area contributed by atoms with Crippen LogP contribution in [0.5, 0.6) is 5.75 Å². The lowest BCUT2D eigenvalue weighted by Gasteiger charge is -2.13. The lowest BCUT2D eigenvalue weighted by molar-refractivity contribution is 0.102. The van der Waals surface area contributed by atoms with Gasteiger partial charge < -0.3 is 4.74 Å². The number of hydrogen-bond acceptors (Lipinski definition) is 8. The van der Waals surface area contributed by atoms with E-state index >= 15 is 0 Å². The fourth-order valence-electron chi connectivity index (χ4n) is 3.01. The van der Waals surface area contributed by atoms with Gasteiger partial charge in [-0.05, 0) is 19.1 Å². The van der Waals surface area contributed by atoms with Gasteiger partial charge in [-0.25, -0.2) is 15.0 Å². The molecule has 4 aromatic rings. The van der Waals surface area contributed by atoms with Crippen molar-refractivity contribution in [3.8, 4) is 28.3 Å². The van der Waals surface area contributed by atoms with Gasteiger partial charge in [0.05, 0.1) is 25.1 Å². The summed E-state index contributed by atoms with van der Waals surface area (Å²) in [5, 5.41) is 3.50. The first-order chi connectivity index (χ1) is 16.1. The summed E-state index contributed by atoms with van der Waals surface area (Å²) in [6.45, 7) is 8.33. The third-order valence-corrected chi connectivity index (χ3v) is 6.47. The SMILES string of the molecule is COc1cnc(Cl)cc1-c1cc(C)ncc1C(=O)Nc1nc2ncc(C#C[Si](C)(C)C)nc2s1. The molecule has 0 spiro atoms. The normalized spacial score (nSPS) is 11.1. The quantitative estimate of drug-likeness (QED) is 0.235. The van der Waals surface area contributed by atoms with E-state index in [0.717, 1.165) is 5.69 Å². The van der Waals surface area contributed by atoms with E-state index in [1.807, 2.05) is 6.92 Å². The molecule has 1 N–H and O–H groups in total. The number of nitrogens with zero attached hydrogens (tertiary/aromatic N) is 5. The number of pyridine rings is 2. The first-order valence-corrected chi connectivity index (χ1v) is 15.0. The van der Waals surface area contributed by atoms with Gasteiger partial charge >= 0.3 is 0 Å². The number of halogens is 1. The van der Waals surface area contributed by atoms with Crippen molar-refractivity contribution < 1.29 is 9.53 Å².